The number of rotatable bonds is 3. The lowest BCUT2D eigenvalue weighted by Gasteiger charge is -2.13. The fraction of sp³-hybridized carbons (Fsp3) is 0.571. The smallest absolute Gasteiger partial charge is 0.166 e. The highest BCUT2D eigenvalue weighted by Gasteiger charge is 2.32. The topological polar surface area (TPSA) is 0 Å². The van der Waals surface area contributed by atoms with Gasteiger partial charge in [0.25, 0.3) is 0 Å². The molecular formula is C14H21F3. The van der Waals surface area contributed by atoms with E-state index in [1.165, 1.54) is 6.07 Å². The molecule has 0 spiro atoms. The molecule has 0 saturated carbocycles. The van der Waals surface area contributed by atoms with Crippen molar-refractivity contribution in [3.63, 3.8) is 0 Å². The van der Waals surface area contributed by atoms with Gasteiger partial charge in [-0.1, -0.05) is 45.9 Å². The second-order valence-corrected chi connectivity index (χ2v) is 4.09. The minimum atomic E-state index is -4.23. The molecule has 0 bridgehead atoms. The first-order chi connectivity index (χ1) is 7.91. The first-order valence-corrected chi connectivity index (χ1v) is 6.06. The average molecular weight is 246 g/mol. The second kappa shape index (κ2) is 7.36. The van der Waals surface area contributed by atoms with Crippen LogP contribution in [-0.2, 0) is 12.6 Å². The summed E-state index contributed by atoms with van der Waals surface area (Å²) < 4.78 is 37.7. The molecule has 0 N–H and O–H groups in total. The Balaban J connectivity index is 0.00000121. The third kappa shape index (κ3) is 5.76. The molecule has 0 heterocycles. The summed E-state index contributed by atoms with van der Waals surface area (Å²) in [6.07, 6.45) is -2.95. The van der Waals surface area contributed by atoms with Crippen LogP contribution in [0.25, 0.3) is 0 Å². The first-order valence-electron chi connectivity index (χ1n) is 6.06. The van der Waals surface area contributed by atoms with Crippen molar-refractivity contribution < 1.29 is 13.2 Å². The lowest BCUT2D eigenvalue weighted by atomic mass is 9.98. The van der Waals surface area contributed by atoms with Gasteiger partial charge >= 0.3 is 6.18 Å². The van der Waals surface area contributed by atoms with Gasteiger partial charge in [0, 0.05) is 0 Å². The largest absolute Gasteiger partial charge is 0.416 e. The molecule has 0 aliphatic rings. The van der Waals surface area contributed by atoms with Crippen molar-refractivity contribution >= 4 is 0 Å². The van der Waals surface area contributed by atoms with Crippen LogP contribution in [0.1, 0.15) is 45.2 Å². The molecule has 3 heteroatoms. The predicted molar refractivity (Wildman–Crippen MR) is 66.0 cm³/mol. The fourth-order valence-electron chi connectivity index (χ4n) is 1.46. The van der Waals surface area contributed by atoms with Crippen molar-refractivity contribution in [2.75, 3.05) is 0 Å². The third-order valence-corrected chi connectivity index (χ3v) is 2.31. The molecule has 1 aromatic rings. The maximum atomic E-state index is 12.6. The normalized spacial score (nSPS) is 11.1. The summed E-state index contributed by atoms with van der Waals surface area (Å²) in [4.78, 5) is 0. The molecule has 0 aromatic heterocycles. The van der Waals surface area contributed by atoms with Crippen LogP contribution in [0.3, 0.4) is 0 Å². The zero-order valence-corrected chi connectivity index (χ0v) is 10.9. The molecule has 17 heavy (non-hydrogen) atoms. The van der Waals surface area contributed by atoms with Crippen LogP contribution >= 0.6 is 0 Å². The van der Waals surface area contributed by atoms with E-state index in [1.54, 1.807) is 12.1 Å². The minimum Gasteiger partial charge on any atom is -0.166 e. The van der Waals surface area contributed by atoms with Crippen molar-refractivity contribution in [2.24, 2.45) is 5.92 Å². The molecular weight excluding hydrogens is 225 g/mol. The lowest BCUT2D eigenvalue weighted by molar-refractivity contribution is -0.138. The van der Waals surface area contributed by atoms with Crippen LogP contribution < -0.4 is 0 Å². The highest BCUT2D eigenvalue weighted by atomic mass is 19.4. The summed E-state index contributed by atoms with van der Waals surface area (Å²) in [5, 5.41) is 0. The molecule has 0 amide bonds. The molecule has 98 valence electrons. The van der Waals surface area contributed by atoms with Gasteiger partial charge in [0.2, 0.25) is 0 Å². The number of aryl methyl sites for hydroxylation is 1. The van der Waals surface area contributed by atoms with Gasteiger partial charge in [-0.2, -0.15) is 13.2 Å². The summed E-state index contributed by atoms with van der Waals surface area (Å²) in [5.41, 5.74) is -0.0932. The summed E-state index contributed by atoms with van der Waals surface area (Å²) in [5.74, 6) is 0.422. The van der Waals surface area contributed by atoms with Crippen molar-refractivity contribution in [3.8, 4) is 0 Å². The molecule has 0 unspecified atom stereocenters. The van der Waals surface area contributed by atoms with E-state index >= 15 is 0 Å². The van der Waals surface area contributed by atoms with Crippen LogP contribution in [-0.4, -0.2) is 0 Å². The summed E-state index contributed by atoms with van der Waals surface area (Å²) >= 11 is 0. The van der Waals surface area contributed by atoms with Gasteiger partial charge in [-0.05, 0) is 30.4 Å². The summed E-state index contributed by atoms with van der Waals surface area (Å²) in [7, 11) is 0. The number of benzene rings is 1. The monoisotopic (exact) mass is 246 g/mol. The Bertz CT molecular complexity index is 313. The van der Waals surface area contributed by atoms with Crippen LogP contribution in [0.5, 0.6) is 0 Å². The van der Waals surface area contributed by atoms with Crippen molar-refractivity contribution in [3.05, 3.63) is 35.4 Å². The van der Waals surface area contributed by atoms with E-state index in [-0.39, 0.29) is 0 Å². The van der Waals surface area contributed by atoms with Crippen molar-refractivity contribution in [2.45, 2.75) is 46.7 Å². The first kappa shape index (κ1) is 16.0. The van der Waals surface area contributed by atoms with E-state index in [0.29, 0.717) is 17.9 Å². The van der Waals surface area contributed by atoms with Gasteiger partial charge in [-0.15, -0.1) is 0 Å². The van der Waals surface area contributed by atoms with Gasteiger partial charge in [-0.3, -0.25) is 0 Å². The molecule has 0 saturated heterocycles. The predicted octanol–water partition coefficient (Wildman–Crippen LogP) is 5.32. The van der Waals surface area contributed by atoms with Crippen molar-refractivity contribution in [1.82, 2.24) is 0 Å². The van der Waals surface area contributed by atoms with Crippen LogP contribution in [0, 0.1) is 5.92 Å². The third-order valence-electron chi connectivity index (χ3n) is 2.31. The van der Waals surface area contributed by atoms with E-state index in [9.17, 15) is 13.2 Å². The minimum absolute atomic E-state index is 0.402. The fourth-order valence-corrected chi connectivity index (χ4v) is 1.46. The van der Waals surface area contributed by atoms with E-state index in [4.69, 9.17) is 0 Å². The number of halogens is 3. The van der Waals surface area contributed by atoms with Crippen LogP contribution in [0.2, 0.25) is 0 Å². The number of alkyl halides is 3. The summed E-state index contributed by atoms with van der Waals surface area (Å²) in [6, 6.07) is 5.80. The molecule has 0 nitrogen and oxygen atoms in total. The molecule has 0 fully saturated rings. The zero-order valence-electron chi connectivity index (χ0n) is 10.9. The van der Waals surface area contributed by atoms with Gasteiger partial charge in [0.15, 0.2) is 0 Å². The molecule has 1 rings (SSSR count). The Morgan fingerprint density at radius 1 is 1.06 bits per heavy atom. The Hall–Kier alpha value is -0.990. The van der Waals surface area contributed by atoms with Crippen LogP contribution in [0.15, 0.2) is 24.3 Å². The molecule has 0 atom stereocenters. The quantitative estimate of drug-likeness (QED) is 0.677. The molecule has 0 aliphatic heterocycles. The second-order valence-electron chi connectivity index (χ2n) is 4.09. The standard InChI is InChI=1S/C12H15F3.C2H6/c1-9(2)7-8-10-5-3-4-6-11(10)12(13,14)15;1-2/h3-6,9H,7-8H2,1-2H3;1-2H3. The van der Waals surface area contributed by atoms with E-state index in [2.05, 4.69) is 0 Å². The molecule has 0 radical (unpaired) electrons. The maximum absolute atomic E-state index is 12.6. The number of hydrogen-bond acceptors (Lipinski definition) is 0. The van der Waals surface area contributed by atoms with E-state index in [0.717, 1.165) is 12.5 Å². The molecule has 0 aliphatic carbocycles. The Labute approximate surface area is 102 Å². The molecule has 1 aromatic carbocycles. The van der Waals surface area contributed by atoms with Gasteiger partial charge in [0.1, 0.15) is 0 Å². The highest BCUT2D eigenvalue weighted by molar-refractivity contribution is 5.29. The van der Waals surface area contributed by atoms with Crippen LogP contribution in [0.4, 0.5) is 13.2 Å². The Kier molecular flexibility index (Phi) is 6.93. The average Bonchev–Trinajstić information content (AvgIpc) is 2.28. The highest BCUT2D eigenvalue weighted by Crippen LogP contribution is 2.32. The maximum Gasteiger partial charge on any atom is 0.416 e. The SMILES string of the molecule is CC.CC(C)CCc1ccccc1C(F)(F)F. The number of hydrogen-bond donors (Lipinski definition) is 0. The lowest BCUT2D eigenvalue weighted by Crippen LogP contribution is -2.09. The van der Waals surface area contributed by atoms with Gasteiger partial charge in [-0.25, -0.2) is 0 Å². The van der Waals surface area contributed by atoms with E-state index < -0.39 is 11.7 Å². The van der Waals surface area contributed by atoms with Gasteiger partial charge in [0.05, 0.1) is 5.56 Å². The Morgan fingerprint density at radius 3 is 2.06 bits per heavy atom. The van der Waals surface area contributed by atoms with Crippen molar-refractivity contribution in [1.29, 1.82) is 0 Å². The summed E-state index contributed by atoms with van der Waals surface area (Å²) in [6.45, 7) is 8.02. The Morgan fingerprint density at radius 2 is 1.59 bits per heavy atom. The zero-order chi connectivity index (χ0) is 13.5. The van der Waals surface area contributed by atoms with Gasteiger partial charge < -0.3 is 0 Å². The van der Waals surface area contributed by atoms with E-state index in [1.807, 2.05) is 27.7 Å².